The topological polar surface area (TPSA) is 64.9 Å². The SMILES string of the molecule is CC(C)NCC(=O)Nc1ccc(C#N)cc1C(F)(F)F. The van der Waals surface area contributed by atoms with Gasteiger partial charge in [-0.3, -0.25) is 4.79 Å². The number of halogens is 3. The first-order valence-corrected chi connectivity index (χ1v) is 5.88. The van der Waals surface area contributed by atoms with E-state index in [2.05, 4.69) is 10.6 Å². The van der Waals surface area contributed by atoms with Crippen LogP contribution < -0.4 is 10.6 Å². The van der Waals surface area contributed by atoms with Gasteiger partial charge in [-0.25, -0.2) is 0 Å². The van der Waals surface area contributed by atoms with Crippen molar-refractivity contribution in [1.29, 1.82) is 5.26 Å². The molecule has 0 radical (unpaired) electrons. The van der Waals surface area contributed by atoms with Gasteiger partial charge < -0.3 is 10.6 Å². The Hall–Kier alpha value is -2.07. The molecular weight excluding hydrogens is 271 g/mol. The maximum atomic E-state index is 12.9. The number of nitriles is 1. The molecule has 4 nitrogen and oxygen atoms in total. The second-order valence-corrected chi connectivity index (χ2v) is 4.45. The molecule has 0 heterocycles. The lowest BCUT2D eigenvalue weighted by Gasteiger charge is -2.15. The highest BCUT2D eigenvalue weighted by Gasteiger charge is 2.34. The van der Waals surface area contributed by atoms with Crippen LogP contribution in [-0.4, -0.2) is 18.5 Å². The minimum atomic E-state index is -4.64. The van der Waals surface area contributed by atoms with E-state index in [1.165, 1.54) is 6.07 Å². The highest BCUT2D eigenvalue weighted by atomic mass is 19.4. The molecule has 108 valence electrons. The number of amides is 1. The van der Waals surface area contributed by atoms with E-state index in [1.807, 2.05) is 13.8 Å². The zero-order valence-electron chi connectivity index (χ0n) is 11.0. The van der Waals surface area contributed by atoms with E-state index in [9.17, 15) is 18.0 Å². The first-order valence-electron chi connectivity index (χ1n) is 5.88. The van der Waals surface area contributed by atoms with E-state index >= 15 is 0 Å². The van der Waals surface area contributed by atoms with Gasteiger partial charge in [0.1, 0.15) is 0 Å². The lowest BCUT2D eigenvalue weighted by atomic mass is 10.1. The van der Waals surface area contributed by atoms with E-state index < -0.39 is 17.6 Å². The molecular formula is C13H14F3N3O. The molecule has 0 saturated heterocycles. The molecule has 0 spiro atoms. The van der Waals surface area contributed by atoms with Crippen molar-refractivity contribution in [2.24, 2.45) is 0 Å². The number of carbonyl (C=O) groups excluding carboxylic acids is 1. The van der Waals surface area contributed by atoms with Gasteiger partial charge in [-0.05, 0) is 18.2 Å². The van der Waals surface area contributed by atoms with Gasteiger partial charge in [0.2, 0.25) is 5.91 Å². The van der Waals surface area contributed by atoms with Crippen LogP contribution in [-0.2, 0) is 11.0 Å². The maximum Gasteiger partial charge on any atom is 0.418 e. The number of hydrogen-bond acceptors (Lipinski definition) is 3. The van der Waals surface area contributed by atoms with E-state index in [-0.39, 0.29) is 23.8 Å². The molecule has 1 amide bonds. The molecule has 0 bridgehead atoms. The van der Waals surface area contributed by atoms with Crippen LogP contribution in [0.2, 0.25) is 0 Å². The van der Waals surface area contributed by atoms with Crippen LogP contribution in [0.15, 0.2) is 18.2 Å². The summed E-state index contributed by atoms with van der Waals surface area (Å²) in [7, 11) is 0. The fourth-order valence-corrected chi connectivity index (χ4v) is 1.45. The van der Waals surface area contributed by atoms with Gasteiger partial charge in [0.25, 0.3) is 0 Å². The minimum absolute atomic E-state index is 0.0452. The average Bonchev–Trinajstić information content (AvgIpc) is 2.35. The molecule has 1 aromatic rings. The highest BCUT2D eigenvalue weighted by molar-refractivity contribution is 5.93. The lowest BCUT2D eigenvalue weighted by Crippen LogP contribution is -2.33. The summed E-state index contributed by atoms with van der Waals surface area (Å²) < 4.78 is 38.6. The van der Waals surface area contributed by atoms with Gasteiger partial charge in [0.15, 0.2) is 0 Å². The van der Waals surface area contributed by atoms with Crippen molar-refractivity contribution in [2.45, 2.75) is 26.1 Å². The molecule has 2 N–H and O–H groups in total. The lowest BCUT2D eigenvalue weighted by molar-refractivity contribution is -0.137. The number of hydrogen-bond donors (Lipinski definition) is 2. The maximum absolute atomic E-state index is 12.9. The Morgan fingerprint density at radius 1 is 1.40 bits per heavy atom. The predicted molar refractivity (Wildman–Crippen MR) is 67.9 cm³/mol. The Bertz CT molecular complexity index is 533. The van der Waals surface area contributed by atoms with Crippen molar-refractivity contribution in [2.75, 3.05) is 11.9 Å². The van der Waals surface area contributed by atoms with E-state index in [1.54, 1.807) is 6.07 Å². The quantitative estimate of drug-likeness (QED) is 0.893. The summed E-state index contributed by atoms with van der Waals surface area (Å²) in [6.45, 7) is 3.54. The van der Waals surface area contributed by atoms with Crippen molar-refractivity contribution in [3.8, 4) is 6.07 Å². The van der Waals surface area contributed by atoms with Gasteiger partial charge in [-0.1, -0.05) is 13.8 Å². The molecule has 0 fully saturated rings. The molecule has 7 heteroatoms. The fourth-order valence-electron chi connectivity index (χ4n) is 1.45. The van der Waals surface area contributed by atoms with Crippen LogP contribution >= 0.6 is 0 Å². The van der Waals surface area contributed by atoms with Crippen LogP contribution in [0.1, 0.15) is 25.0 Å². The van der Waals surface area contributed by atoms with Crippen molar-refractivity contribution in [3.05, 3.63) is 29.3 Å². The molecule has 0 aromatic heterocycles. The normalized spacial score (nSPS) is 11.2. The van der Waals surface area contributed by atoms with Gasteiger partial charge in [-0.15, -0.1) is 0 Å². The third-order valence-corrected chi connectivity index (χ3v) is 2.40. The molecule has 1 rings (SSSR count). The van der Waals surface area contributed by atoms with Crippen LogP contribution in [0.5, 0.6) is 0 Å². The molecule has 0 saturated carbocycles. The fraction of sp³-hybridized carbons (Fsp3) is 0.385. The number of rotatable bonds is 4. The Balaban J connectivity index is 2.95. The number of benzene rings is 1. The van der Waals surface area contributed by atoms with E-state index in [0.717, 1.165) is 6.07 Å². The van der Waals surface area contributed by atoms with Crippen LogP contribution in [0.25, 0.3) is 0 Å². The zero-order valence-corrected chi connectivity index (χ0v) is 11.0. The summed E-state index contributed by atoms with van der Waals surface area (Å²) >= 11 is 0. The van der Waals surface area contributed by atoms with Crippen LogP contribution in [0.4, 0.5) is 18.9 Å². The summed E-state index contributed by atoms with van der Waals surface area (Å²) in [5.74, 6) is -0.575. The molecule has 0 aliphatic carbocycles. The summed E-state index contributed by atoms with van der Waals surface area (Å²) in [5.41, 5.74) is -1.50. The standard InChI is InChI=1S/C13H14F3N3O/c1-8(2)18-7-12(20)19-11-4-3-9(6-17)5-10(11)13(14,15)16/h3-5,8,18H,7H2,1-2H3,(H,19,20). The highest BCUT2D eigenvalue weighted by Crippen LogP contribution is 2.35. The van der Waals surface area contributed by atoms with Crippen LogP contribution in [0, 0.1) is 11.3 Å². The molecule has 1 aromatic carbocycles. The number of nitrogens with zero attached hydrogens (tertiary/aromatic N) is 1. The van der Waals surface area contributed by atoms with Gasteiger partial charge in [0, 0.05) is 6.04 Å². The summed E-state index contributed by atoms with van der Waals surface area (Å²) in [6, 6.07) is 4.69. The number of nitrogens with one attached hydrogen (secondary N) is 2. The molecule has 0 atom stereocenters. The number of anilines is 1. The van der Waals surface area contributed by atoms with Crippen molar-refractivity contribution < 1.29 is 18.0 Å². The Labute approximate surface area is 114 Å². The Morgan fingerprint density at radius 3 is 2.55 bits per heavy atom. The third-order valence-electron chi connectivity index (χ3n) is 2.40. The molecule has 0 aliphatic rings. The Morgan fingerprint density at radius 2 is 2.05 bits per heavy atom. The largest absolute Gasteiger partial charge is 0.418 e. The van der Waals surface area contributed by atoms with Crippen molar-refractivity contribution in [3.63, 3.8) is 0 Å². The van der Waals surface area contributed by atoms with Gasteiger partial charge >= 0.3 is 6.18 Å². The third kappa shape index (κ3) is 4.55. The monoisotopic (exact) mass is 285 g/mol. The summed E-state index contributed by atoms with van der Waals surface area (Å²) in [4.78, 5) is 11.5. The van der Waals surface area contributed by atoms with Crippen LogP contribution in [0.3, 0.4) is 0 Å². The predicted octanol–water partition coefficient (Wildman–Crippen LogP) is 2.51. The number of carbonyl (C=O) groups is 1. The van der Waals surface area contributed by atoms with E-state index in [4.69, 9.17) is 5.26 Å². The van der Waals surface area contributed by atoms with E-state index in [0.29, 0.717) is 6.07 Å². The van der Waals surface area contributed by atoms with Crippen molar-refractivity contribution >= 4 is 11.6 Å². The molecule has 0 unspecified atom stereocenters. The minimum Gasteiger partial charge on any atom is -0.324 e. The Kier molecular flexibility index (Phi) is 5.11. The average molecular weight is 285 g/mol. The van der Waals surface area contributed by atoms with Gasteiger partial charge in [-0.2, -0.15) is 18.4 Å². The van der Waals surface area contributed by atoms with Crippen molar-refractivity contribution in [1.82, 2.24) is 5.32 Å². The molecule has 0 aliphatic heterocycles. The second-order valence-electron chi connectivity index (χ2n) is 4.45. The molecule has 20 heavy (non-hydrogen) atoms. The smallest absolute Gasteiger partial charge is 0.324 e. The summed E-state index contributed by atoms with van der Waals surface area (Å²) in [6.07, 6.45) is -4.64. The summed E-state index contributed by atoms with van der Waals surface area (Å²) in [5, 5.41) is 13.6. The zero-order chi connectivity index (χ0) is 15.3. The second kappa shape index (κ2) is 6.39. The van der Waals surface area contributed by atoms with Gasteiger partial charge in [0.05, 0.1) is 29.4 Å². The first-order chi connectivity index (χ1) is 9.24. The number of alkyl halides is 3. The first kappa shape index (κ1) is 16.0.